The smallest absolute Gasteiger partial charge is 0.253 e. The topological polar surface area (TPSA) is 32.8 Å². The first-order chi connectivity index (χ1) is 15.5. The minimum atomic E-state index is 0.0683. The van der Waals surface area contributed by atoms with Crippen LogP contribution in [0.5, 0.6) is 5.75 Å². The van der Waals surface area contributed by atoms with Crippen LogP contribution < -0.4 is 4.74 Å². The van der Waals surface area contributed by atoms with Gasteiger partial charge in [-0.25, -0.2) is 0 Å². The molecule has 0 saturated carbocycles. The normalized spacial score (nSPS) is 14.4. The SMILES string of the molecule is O=C(c1ccc(COc2ccc(Cl)cc2Cl)cc1)N1CCN(Cc2ccccc2Br)CC1. The molecule has 0 N–H and O–H groups in total. The van der Waals surface area contributed by atoms with Crippen molar-refractivity contribution in [2.75, 3.05) is 26.2 Å². The number of nitrogens with zero attached hydrogens (tertiary/aromatic N) is 2. The molecule has 0 radical (unpaired) electrons. The highest BCUT2D eigenvalue weighted by atomic mass is 79.9. The van der Waals surface area contributed by atoms with Crippen LogP contribution in [0, 0.1) is 0 Å². The maximum atomic E-state index is 12.9. The molecule has 4 rings (SSSR count). The minimum absolute atomic E-state index is 0.0683. The molecule has 1 fully saturated rings. The molecule has 1 aliphatic heterocycles. The summed E-state index contributed by atoms with van der Waals surface area (Å²) in [6, 6.07) is 21.0. The lowest BCUT2D eigenvalue weighted by Crippen LogP contribution is -2.48. The number of hydrogen-bond acceptors (Lipinski definition) is 3. The second-order valence-corrected chi connectivity index (χ2v) is 9.42. The molecule has 32 heavy (non-hydrogen) atoms. The number of hydrogen-bond donors (Lipinski definition) is 0. The fourth-order valence-electron chi connectivity index (χ4n) is 3.66. The average molecular weight is 534 g/mol. The monoisotopic (exact) mass is 532 g/mol. The van der Waals surface area contributed by atoms with Crippen LogP contribution >= 0.6 is 39.1 Å². The molecule has 0 spiro atoms. The van der Waals surface area contributed by atoms with Crippen molar-refractivity contribution in [3.8, 4) is 5.75 Å². The van der Waals surface area contributed by atoms with E-state index in [0.29, 0.717) is 28.0 Å². The lowest BCUT2D eigenvalue weighted by Gasteiger charge is -2.35. The summed E-state index contributed by atoms with van der Waals surface area (Å²) in [5.41, 5.74) is 2.92. The van der Waals surface area contributed by atoms with Gasteiger partial charge in [0.15, 0.2) is 0 Å². The fraction of sp³-hybridized carbons (Fsp3) is 0.240. The Balaban J connectivity index is 1.29. The number of benzene rings is 3. The van der Waals surface area contributed by atoms with Crippen LogP contribution in [0.4, 0.5) is 0 Å². The highest BCUT2D eigenvalue weighted by Crippen LogP contribution is 2.28. The van der Waals surface area contributed by atoms with Crippen LogP contribution in [0.1, 0.15) is 21.5 Å². The van der Waals surface area contributed by atoms with Gasteiger partial charge < -0.3 is 9.64 Å². The molecule has 1 saturated heterocycles. The second kappa shape index (κ2) is 10.7. The van der Waals surface area contributed by atoms with Gasteiger partial charge in [0, 0.05) is 47.8 Å². The molecule has 0 aromatic heterocycles. The average Bonchev–Trinajstić information content (AvgIpc) is 2.80. The predicted molar refractivity (Wildman–Crippen MR) is 133 cm³/mol. The van der Waals surface area contributed by atoms with Gasteiger partial charge in [-0.15, -0.1) is 0 Å². The summed E-state index contributed by atoms with van der Waals surface area (Å²) in [7, 11) is 0. The van der Waals surface area contributed by atoms with E-state index in [4.69, 9.17) is 27.9 Å². The zero-order valence-corrected chi connectivity index (χ0v) is 20.5. The van der Waals surface area contributed by atoms with Gasteiger partial charge in [-0.3, -0.25) is 9.69 Å². The maximum Gasteiger partial charge on any atom is 0.253 e. The number of piperazine rings is 1. The summed E-state index contributed by atoms with van der Waals surface area (Å²) in [5, 5.41) is 1.04. The molecule has 1 heterocycles. The number of carbonyl (C=O) groups excluding carboxylic acids is 1. The standard InChI is InChI=1S/C25H23BrCl2N2O2/c26-22-4-2-1-3-20(22)16-29-11-13-30(14-12-29)25(31)19-7-5-18(6-8-19)17-32-24-10-9-21(27)15-23(24)28/h1-10,15H,11-14,16-17H2. The number of carbonyl (C=O) groups is 1. The van der Waals surface area contributed by atoms with E-state index < -0.39 is 0 Å². The van der Waals surface area contributed by atoms with Gasteiger partial charge in [0.25, 0.3) is 5.91 Å². The van der Waals surface area contributed by atoms with Crippen molar-refractivity contribution in [3.05, 3.63) is 97.9 Å². The van der Waals surface area contributed by atoms with E-state index >= 15 is 0 Å². The van der Waals surface area contributed by atoms with Crippen LogP contribution in [0.3, 0.4) is 0 Å². The van der Waals surface area contributed by atoms with Crippen molar-refractivity contribution < 1.29 is 9.53 Å². The van der Waals surface area contributed by atoms with Crippen LogP contribution in [0.2, 0.25) is 10.0 Å². The Bertz CT molecular complexity index is 1080. The van der Waals surface area contributed by atoms with Gasteiger partial charge in [0.05, 0.1) is 5.02 Å². The fourth-order valence-corrected chi connectivity index (χ4v) is 4.53. The van der Waals surface area contributed by atoms with Crippen molar-refractivity contribution in [2.24, 2.45) is 0 Å². The molecule has 0 aliphatic carbocycles. The van der Waals surface area contributed by atoms with Crippen LogP contribution in [-0.4, -0.2) is 41.9 Å². The zero-order chi connectivity index (χ0) is 22.5. The molecule has 7 heteroatoms. The van der Waals surface area contributed by atoms with Gasteiger partial charge >= 0.3 is 0 Å². The Morgan fingerprint density at radius 2 is 1.66 bits per heavy atom. The van der Waals surface area contributed by atoms with Gasteiger partial charge in [-0.2, -0.15) is 0 Å². The largest absolute Gasteiger partial charge is 0.487 e. The number of amides is 1. The van der Waals surface area contributed by atoms with Crippen molar-refractivity contribution in [2.45, 2.75) is 13.2 Å². The minimum Gasteiger partial charge on any atom is -0.487 e. The molecular formula is C25H23BrCl2N2O2. The van der Waals surface area contributed by atoms with Crippen molar-refractivity contribution in [3.63, 3.8) is 0 Å². The molecule has 3 aromatic rings. The first-order valence-corrected chi connectivity index (χ1v) is 12.0. The molecule has 166 valence electrons. The van der Waals surface area contributed by atoms with E-state index in [2.05, 4.69) is 39.0 Å². The lowest BCUT2D eigenvalue weighted by molar-refractivity contribution is 0.0628. The summed E-state index contributed by atoms with van der Waals surface area (Å²) < 4.78 is 6.89. The first-order valence-electron chi connectivity index (χ1n) is 10.4. The molecule has 1 amide bonds. The van der Waals surface area contributed by atoms with E-state index in [0.717, 1.165) is 42.8 Å². The van der Waals surface area contributed by atoms with E-state index in [9.17, 15) is 4.79 Å². The lowest BCUT2D eigenvalue weighted by atomic mass is 10.1. The Hall–Kier alpha value is -2.05. The van der Waals surface area contributed by atoms with Crippen molar-refractivity contribution >= 4 is 45.0 Å². The van der Waals surface area contributed by atoms with E-state index in [1.807, 2.05) is 35.2 Å². The van der Waals surface area contributed by atoms with Gasteiger partial charge in [-0.1, -0.05) is 69.5 Å². The second-order valence-electron chi connectivity index (χ2n) is 7.72. The van der Waals surface area contributed by atoms with E-state index in [1.165, 1.54) is 5.56 Å². The Morgan fingerprint density at radius 1 is 0.938 bits per heavy atom. The van der Waals surface area contributed by atoms with E-state index in [-0.39, 0.29) is 5.91 Å². The number of ether oxygens (including phenoxy) is 1. The Labute approximate surface area is 206 Å². The highest BCUT2D eigenvalue weighted by molar-refractivity contribution is 9.10. The van der Waals surface area contributed by atoms with Crippen LogP contribution in [-0.2, 0) is 13.2 Å². The molecular weight excluding hydrogens is 511 g/mol. The van der Waals surface area contributed by atoms with Gasteiger partial charge in [0.2, 0.25) is 0 Å². The predicted octanol–water partition coefficient (Wildman–Crippen LogP) is 6.29. The molecule has 0 bridgehead atoms. The van der Waals surface area contributed by atoms with Gasteiger partial charge in [-0.05, 0) is 47.5 Å². The van der Waals surface area contributed by atoms with Crippen molar-refractivity contribution in [1.29, 1.82) is 0 Å². The van der Waals surface area contributed by atoms with Crippen LogP contribution in [0.25, 0.3) is 0 Å². The molecule has 0 unspecified atom stereocenters. The first kappa shape index (κ1) is 23.1. The third kappa shape index (κ3) is 5.84. The Morgan fingerprint density at radius 3 is 2.34 bits per heavy atom. The van der Waals surface area contributed by atoms with E-state index in [1.54, 1.807) is 18.2 Å². The summed E-state index contributed by atoms with van der Waals surface area (Å²) in [4.78, 5) is 17.2. The summed E-state index contributed by atoms with van der Waals surface area (Å²) in [6.45, 7) is 4.42. The molecule has 4 nitrogen and oxygen atoms in total. The third-order valence-electron chi connectivity index (χ3n) is 5.50. The number of rotatable bonds is 6. The summed E-state index contributed by atoms with van der Waals surface area (Å²) >= 11 is 15.7. The molecule has 0 atom stereocenters. The zero-order valence-electron chi connectivity index (χ0n) is 17.4. The van der Waals surface area contributed by atoms with Crippen molar-refractivity contribution in [1.82, 2.24) is 9.80 Å². The summed E-state index contributed by atoms with van der Waals surface area (Å²) in [5.74, 6) is 0.648. The maximum absolute atomic E-state index is 12.9. The third-order valence-corrected chi connectivity index (χ3v) is 6.80. The van der Waals surface area contributed by atoms with Gasteiger partial charge in [0.1, 0.15) is 12.4 Å². The van der Waals surface area contributed by atoms with Crippen LogP contribution in [0.15, 0.2) is 71.2 Å². The number of halogens is 3. The Kier molecular flexibility index (Phi) is 7.74. The molecule has 3 aromatic carbocycles. The quantitative estimate of drug-likeness (QED) is 0.373. The summed E-state index contributed by atoms with van der Waals surface area (Å²) in [6.07, 6.45) is 0. The molecule has 1 aliphatic rings. The highest BCUT2D eigenvalue weighted by Gasteiger charge is 2.22.